The van der Waals surface area contributed by atoms with Gasteiger partial charge in [-0.05, 0) is 58.1 Å². The van der Waals surface area contributed by atoms with E-state index in [4.69, 9.17) is 14.4 Å². The van der Waals surface area contributed by atoms with Gasteiger partial charge in [0.1, 0.15) is 11.2 Å². The lowest BCUT2D eigenvalue weighted by atomic mass is 9.81. The second kappa shape index (κ2) is 10.1. The second-order valence-electron chi connectivity index (χ2n) is 12.6. The van der Waals surface area contributed by atoms with Gasteiger partial charge in [0.05, 0.1) is 11.4 Å². The zero-order valence-corrected chi connectivity index (χ0v) is 25.7. The van der Waals surface area contributed by atoms with Crippen LogP contribution in [-0.4, -0.2) is 9.97 Å². The topological polar surface area (TPSA) is 38.9 Å². The molecule has 9 rings (SSSR count). The lowest BCUT2D eigenvalue weighted by Gasteiger charge is -2.22. The lowest BCUT2D eigenvalue weighted by molar-refractivity contribution is 0.660. The molecule has 0 atom stereocenters. The molecule has 2 heterocycles. The van der Waals surface area contributed by atoms with Crippen LogP contribution in [0.3, 0.4) is 0 Å². The molecule has 6 aromatic carbocycles. The van der Waals surface area contributed by atoms with Crippen LogP contribution in [0.2, 0.25) is 0 Å². The minimum absolute atomic E-state index is 0.126. The molecule has 218 valence electrons. The number of para-hydroxylation sites is 1. The van der Waals surface area contributed by atoms with Crippen molar-refractivity contribution < 1.29 is 4.42 Å². The Bertz CT molecular complexity index is 2380. The van der Waals surface area contributed by atoms with E-state index in [2.05, 4.69) is 135 Å². The SMILES string of the molecule is CC1(C)c2ccccc2-c2ccc(-c3c(-c4nc(-c5ccccc5)cc(-c5ccccc5)n4)ccc4oc5ccccc5c34)cc21. The van der Waals surface area contributed by atoms with Crippen molar-refractivity contribution in [3.63, 3.8) is 0 Å². The number of furan rings is 1. The van der Waals surface area contributed by atoms with E-state index in [1.54, 1.807) is 0 Å². The van der Waals surface area contributed by atoms with Crippen molar-refractivity contribution in [2.45, 2.75) is 19.3 Å². The van der Waals surface area contributed by atoms with Gasteiger partial charge in [-0.3, -0.25) is 0 Å². The highest BCUT2D eigenvalue weighted by Gasteiger charge is 2.35. The molecule has 0 aliphatic heterocycles. The molecule has 1 aliphatic rings. The maximum Gasteiger partial charge on any atom is 0.161 e. The summed E-state index contributed by atoms with van der Waals surface area (Å²) in [6.45, 7) is 4.66. The standard InChI is InChI=1S/C43H30N2O/c1-43(2)34-19-11-9-17-30(34)31-22-21-29(25-35(31)43)40-33(23-24-39-41(40)32-18-10-12-20-38(32)46-39)42-44-36(27-13-5-3-6-14-27)26-37(45-42)28-15-7-4-8-16-28/h3-26H,1-2H3. The summed E-state index contributed by atoms with van der Waals surface area (Å²) >= 11 is 0. The molecule has 0 saturated carbocycles. The highest BCUT2D eigenvalue weighted by molar-refractivity contribution is 6.15. The Morgan fingerprint density at radius 2 is 1.09 bits per heavy atom. The van der Waals surface area contributed by atoms with Crippen molar-refractivity contribution in [2.24, 2.45) is 0 Å². The average Bonchev–Trinajstić information content (AvgIpc) is 3.60. The Labute approximate surface area is 267 Å². The van der Waals surface area contributed by atoms with Crippen LogP contribution in [0.25, 0.3) is 78.1 Å². The van der Waals surface area contributed by atoms with Gasteiger partial charge in [0, 0.05) is 38.4 Å². The zero-order valence-electron chi connectivity index (χ0n) is 25.7. The fourth-order valence-electron chi connectivity index (χ4n) is 7.24. The van der Waals surface area contributed by atoms with Crippen LogP contribution >= 0.6 is 0 Å². The summed E-state index contributed by atoms with van der Waals surface area (Å²) in [6.07, 6.45) is 0. The van der Waals surface area contributed by atoms with E-state index < -0.39 is 0 Å². The number of nitrogens with zero attached hydrogens (tertiary/aromatic N) is 2. The second-order valence-corrected chi connectivity index (χ2v) is 12.6. The number of hydrogen-bond acceptors (Lipinski definition) is 3. The number of fused-ring (bicyclic) bond motifs is 6. The lowest BCUT2D eigenvalue weighted by Crippen LogP contribution is -2.14. The van der Waals surface area contributed by atoms with Gasteiger partial charge in [-0.1, -0.05) is 129 Å². The Balaban J connectivity index is 1.35. The summed E-state index contributed by atoms with van der Waals surface area (Å²) in [6, 6.07) is 51.0. The van der Waals surface area contributed by atoms with Crippen LogP contribution in [-0.2, 0) is 5.41 Å². The van der Waals surface area contributed by atoms with Crippen LogP contribution in [0.15, 0.2) is 150 Å². The minimum Gasteiger partial charge on any atom is -0.456 e. The summed E-state index contributed by atoms with van der Waals surface area (Å²) in [4.78, 5) is 10.5. The largest absolute Gasteiger partial charge is 0.456 e. The number of hydrogen-bond donors (Lipinski definition) is 0. The molecule has 0 radical (unpaired) electrons. The zero-order chi connectivity index (χ0) is 30.8. The van der Waals surface area contributed by atoms with Gasteiger partial charge in [-0.2, -0.15) is 0 Å². The van der Waals surface area contributed by atoms with E-state index in [9.17, 15) is 0 Å². The summed E-state index contributed by atoms with van der Waals surface area (Å²) < 4.78 is 6.43. The third-order valence-electron chi connectivity index (χ3n) is 9.52. The average molecular weight is 591 g/mol. The van der Waals surface area contributed by atoms with Gasteiger partial charge in [0.2, 0.25) is 0 Å². The molecular formula is C43H30N2O. The van der Waals surface area contributed by atoms with Crippen molar-refractivity contribution >= 4 is 21.9 Å². The third-order valence-corrected chi connectivity index (χ3v) is 9.52. The van der Waals surface area contributed by atoms with Gasteiger partial charge in [-0.15, -0.1) is 0 Å². The summed E-state index contributed by atoms with van der Waals surface area (Å²) in [5.74, 6) is 0.686. The van der Waals surface area contributed by atoms with Gasteiger partial charge >= 0.3 is 0 Å². The number of aromatic nitrogens is 2. The first-order valence-corrected chi connectivity index (χ1v) is 15.8. The summed E-state index contributed by atoms with van der Waals surface area (Å²) in [5.41, 5.74) is 14.0. The molecule has 0 saturated heterocycles. The van der Waals surface area contributed by atoms with E-state index in [-0.39, 0.29) is 5.41 Å². The molecule has 0 unspecified atom stereocenters. The Morgan fingerprint density at radius 3 is 1.83 bits per heavy atom. The molecule has 2 aromatic heterocycles. The molecular weight excluding hydrogens is 560 g/mol. The summed E-state index contributed by atoms with van der Waals surface area (Å²) in [5, 5.41) is 2.16. The Kier molecular flexibility index (Phi) is 5.85. The first-order chi connectivity index (χ1) is 22.6. The molecule has 1 aliphatic carbocycles. The van der Waals surface area contributed by atoms with Gasteiger partial charge < -0.3 is 4.42 Å². The first-order valence-electron chi connectivity index (χ1n) is 15.8. The molecule has 0 bridgehead atoms. The van der Waals surface area contributed by atoms with Crippen LogP contribution in [0, 0.1) is 0 Å². The van der Waals surface area contributed by atoms with E-state index >= 15 is 0 Å². The van der Waals surface area contributed by atoms with Crippen LogP contribution in [0.5, 0.6) is 0 Å². The van der Waals surface area contributed by atoms with Gasteiger partial charge in [-0.25, -0.2) is 9.97 Å². The van der Waals surface area contributed by atoms with Crippen LogP contribution in [0.1, 0.15) is 25.0 Å². The molecule has 3 nitrogen and oxygen atoms in total. The highest BCUT2D eigenvalue weighted by Crippen LogP contribution is 2.51. The predicted molar refractivity (Wildman–Crippen MR) is 189 cm³/mol. The monoisotopic (exact) mass is 590 g/mol. The van der Waals surface area contributed by atoms with Crippen molar-refractivity contribution in [1.29, 1.82) is 0 Å². The molecule has 0 N–H and O–H groups in total. The maximum atomic E-state index is 6.43. The quantitative estimate of drug-likeness (QED) is 0.205. The fourth-order valence-corrected chi connectivity index (χ4v) is 7.24. The van der Waals surface area contributed by atoms with Crippen LogP contribution < -0.4 is 0 Å². The number of benzene rings is 6. The van der Waals surface area contributed by atoms with E-state index in [0.29, 0.717) is 5.82 Å². The van der Waals surface area contributed by atoms with Crippen molar-refractivity contribution in [3.8, 4) is 56.2 Å². The molecule has 0 amide bonds. The molecule has 46 heavy (non-hydrogen) atoms. The highest BCUT2D eigenvalue weighted by atomic mass is 16.3. The Morgan fingerprint density at radius 1 is 0.478 bits per heavy atom. The maximum absolute atomic E-state index is 6.43. The minimum atomic E-state index is -0.126. The Hall–Kier alpha value is -5.80. The first kappa shape index (κ1) is 26.6. The summed E-state index contributed by atoms with van der Waals surface area (Å²) in [7, 11) is 0. The normalized spacial score (nSPS) is 13.2. The molecule has 8 aromatic rings. The molecule has 3 heteroatoms. The predicted octanol–water partition coefficient (Wildman–Crippen LogP) is 11.4. The van der Waals surface area contributed by atoms with Gasteiger partial charge in [0.25, 0.3) is 0 Å². The van der Waals surface area contributed by atoms with E-state index in [1.807, 2.05) is 24.3 Å². The van der Waals surface area contributed by atoms with Crippen molar-refractivity contribution in [1.82, 2.24) is 9.97 Å². The van der Waals surface area contributed by atoms with Crippen molar-refractivity contribution in [2.75, 3.05) is 0 Å². The van der Waals surface area contributed by atoms with Crippen LogP contribution in [0.4, 0.5) is 0 Å². The van der Waals surface area contributed by atoms with E-state index in [0.717, 1.165) is 61.1 Å². The van der Waals surface area contributed by atoms with Crippen molar-refractivity contribution in [3.05, 3.63) is 157 Å². The molecule has 0 fully saturated rings. The fraction of sp³-hybridized carbons (Fsp3) is 0.0698. The van der Waals surface area contributed by atoms with Gasteiger partial charge in [0.15, 0.2) is 5.82 Å². The smallest absolute Gasteiger partial charge is 0.161 e. The molecule has 0 spiro atoms. The van der Waals surface area contributed by atoms with E-state index in [1.165, 1.54) is 22.3 Å². The third kappa shape index (κ3) is 4.05. The number of rotatable bonds is 4.